The van der Waals surface area contributed by atoms with E-state index < -0.39 is 0 Å². The fourth-order valence-electron chi connectivity index (χ4n) is 1.30. The van der Waals surface area contributed by atoms with Crippen molar-refractivity contribution in [1.29, 1.82) is 0 Å². The maximum absolute atomic E-state index is 5.37. The first kappa shape index (κ1) is 9.34. The van der Waals surface area contributed by atoms with E-state index in [4.69, 9.17) is 9.15 Å². The van der Waals surface area contributed by atoms with Gasteiger partial charge < -0.3 is 9.15 Å². The van der Waals surface area contributed by atoms with Gasteiger partial charge in [-0.05, 0) is 12.1 Å². The molecule has 0 radical (unpaired) electrons. The molecule has 0 amide bonds. The van der Waals surface area contributed by atoms with Gasteiger partial charge in [-0.1, -0.05) is 28.1 Å². The van der Waals surface area contributed by atoms with Crippen molar-refractivity contribution in [1.82, 2.24) is 0 Å². The van der Waals surface area contributed by atoms with E-state index in [0.29, 0.717) is 0 Å². The van der Waals surface area contributed by atoms with Crippen LogP contribution in [0.1, 0.15) is 0 Å². The van der Waals surface area contributed by atoms with E-state index in [2.05, 4.69) is 15.9 Å². The highest BCUT2D eigenvalue weighted by molar-refractivity contribution is 9.10. The van der Waals surface area contributed by atoms with Crippen molar-refractivity contribution < 1.29 is 9.15 Å². The molecule has 0 unspecified atom stereocenters. The normalized spacial score (nSPS) is 10.1. The molecule has 0 fully saturated rings. The van der Waals surface area contributed by atoms with Gasteiger partial charge in [0.2, 0.25) is 0 Å². The van der Waals surface area contributed by atoms with Crippen LogP contribution < -0.4 is 4.74 Å². The molecule has 3 heteroatoms. The smallest absolute Gasteiger partial charge is 0.176 e. The number of hydrogen-bond acceptors (Lipinski definition) is 2. The topological polar surface area (TPSA) is 22.4 Å². The van der Waals surface area contributed by atoms with Crippen molar-refractivity contribution in [2.45, 2.75) is 0 Å². The molecular weight excluding hydrogens is 244 g/mol. The molecule has 14 heavy (non-hydrogen) atoms. The van der Waals surface area contributed by atoms with Crippen LogP contribution in [0.4, 0.5) is 0 Å². The van der Waals surface area contributed by atoms with Gasteiger partial charge in [-0.2, -0.15) is 0 Å². The molecule has 0 aliphatic rings. The predicted octanol–water partition coefficient (Wildman–Crippen LogP) is 3.72. The van der Waals surface area contributed by atoms with Crippen LogP contribution in [0.5, 0.6) is 5.75 Å². The molecule has 0 bridgehead atoms. The molecule has 1 heterocycles. The number of hydrogen-bond donors (Lipinski definition) is 0. The molecule has 0 saturated carbocycles. The number of methoxy groups -OCH3 is 1. The zero-order valence-electron chi connectivity index (χ0n) is 7.66. The molecule has 2 rings (SSSR count). The fraction of sp³-hybridized carbons (Fsp3) is 0.0909. The minimum atomic E-state index is 0.747. The van der Waals surface area contributed by atoms with E-state index in [-0.39, 0.29) is 0 Å². The highest BCUT2D eigenvalue weighted by atomic mass is 79.9. The Hall–Kier alpha value is -1.22. The predicted molar refractivity (Wildman–Crippen MR) is 58.4 cm³/mol. The van der Waals surface area contributed by atoms with Gasteiger partial charge in [-0.25, -0.2) is 0 Å². The molecule has 0 aliphatic heterocycles. The first-order valence-corrected chi connectivity index (χ1v) is 4.98. The average molecular weight is 253 g/mol. The van der Waals surface area contributed by atoms with Gasteiger partial charge in [0.1, 0.15) is 0 Å². The van der Waals surface area contributed by atoms with Crippen molar-refractivity contribution in [2.75, 3.05) is 7.11 Å². The van der Waals surface area contributed by atoms with Gasteiger partial charge in [0.15, 0.2) is 11.5 Å². The number of furan rings is 1. The number of halogens is 1. The summed E-state index contributed by atoms with van der Waals surface area (Å²) in [6.07, 6.45) is 1.62. The molecule has 0 saturated heterocycles. The van der Waals surface area contributed by atoms with E-state index in [9.17, 15) is 0 Å². The van der Waals surface area contributed by atoms with Crippen molar-refractivity contribution >= 4 is 15.9 Å². The molecule has 2 nitrogen and oxygen atoms in total. The highest BCUT2D eigenvalue weighted by Gasteiger charge is 2.11. The Morgan fingerprint density at radius 2 is 2.00 bits per heavy atom. The molecule has 1 aromatic carbocycles. The van der Waals surface area contributed by atoms with Crippen LogP contribution in [0.25, 0.3) is 11.3 Å². The lowest BCUT2D eigenvalue weighted by Gasteiger charge is -2.02. The molecule has 1 aromatic heterocycles. The Balaban J connectivity index is 2.54. The van der Waals surface area contributed by atoms with Crippen molar-refractivity contribution in [2.24, 2.45) is 0 Å². The summed E-state index contributed by atoms with van der Waals surface area (Å²) in [4.78, 5) is 0. The standard InChI is InChI=1S/C11H9BrO2/c1-13-10-6-7-14-11(10)8-4-2-3-5-9(8)12/h2-7H,1H3. The first-order chi connectivity index (χ1) is 6.83. The lowest BCUT2D eigenvalue weighted by Crippen LogP contribution is -1.83. The molecule has 72 valence electrons. The third-order valence-electron chi connectivity index (χ3n) is 1.97. The SMILES string of the molecule is COc1ccoc1-c1ccccc1Br. The van der Waals surface area contributed by atoms with E-state index in [0.717, 1.165) is 21.5 Å². The number of benzene rings is 1. The van der Waals surface area contributed by atoms with E-state index in [1.165, 1.54) is 0 Å². The number of rotatable bonds is 2. The summed E-state index contributed by atoms with van der Waals surface area (Å²) in [7, 11) is 1.63. The molecule has 0 N–H and O–H groups in total. The van der Waals surface area contributed by atoms with Crippen LogP contribution >= 0.6 is 15.9 Å². The summed E-state index contributed by atoms with van der Waals surface area (Å²) >= 11 is 3.47. The monoisotopic (exact) mass is 252 g/mol. The Morgan fingerprint density at radius 3 is 2.71 bits per heavy atom. The van der Waals surface area contributed by atoms with Crippen LogP contribution in [-0.2, 0) is 0 Å². The van der Waals surface area contributed by atoms with Crippen LogP contribution in [0.15, 0.2) is 45.5 Å². The van der Waals surface area contributed by atoms with Crippen LogP contribution in [0.3, 0.4) is 0 Å². The largest absolute Gasteiger partial charge is 0.493 e. The summed E-state index contributed by atoms with van der Waals surface area (Å²) in [6, 6.07) is 9.67. The zero-order valence-corrected chi connectivity index (χ0v) is 9.24. The molecular formula is C11H9BrO2. The minimum absolute atomic E-state index is 0.747. The van der Waals surface area contributed by atoms with Crippen molar-refractivity contribution in [3.05, 3.63) is 41.1 Å². The van der Waals surface area contributed by atoms with Gasteiger partial charge in [0.25, 0.3) is 0 Å². The minimum Gasteiger partial charge on any atom is -0.493 e. The fourth-order valence-corrected chi connectivity index (χ4v) is 1.76. The lowest BCUT2D eigenvalue weighted by molar-refractivity contribution is 0.410. The second kappa shape index (κ2) is 3.88. The summed E-state index contributed by atoms with van der Waals surface area (Å²) in [5.41, 5.74) is 0.995. The molecule has 2 aromatic rings. The third kappa shape index (κ3) is 1.55. The molecule has 0 atom stereocenters. The van der Waals surface area contributed by atoms with E-state index >= 15 is 0 Å². The van der Waals surface area contributed by atoms with Gasteiger partial charge in [0, 0.05) is 16.1 Å². The quantitative estimate of drug-likeness (QED) is 0.813. The van der Waals surface area contributed by atoms with Crippen LogP contribution in [0.2, 0.25) is 0 Å². The second-order valence-corrected chi connectivity index (χ2v) is 3.65. The van der Waals surface area contributed by atoms with Gasteiger partial charge in [0.05, 0.1) is 13.4 Å². The summed E-state index contributed by atoms with van der Waals surface area (Å²) in [5, 5.41) is 0. The number of ether oxygens (including phenoxy) is 1. The Kier molecular flexibility index (Phi) is 2.59. The lowest BCUT2D eigenvalue weighted by atomic mass is 10.2. The van der Waals surface area contributed by atoms with Gasteiger partial charge in [-0.3, -0.25) is 0 Å². The highest BCUT2D eigenvalue weighted by Crippen LogP contribution is 2.35. The second-order valence-electron chi connectivity index (χ2n) is 2.80. The zero-order chi connectivity index (χ0) is 9.97. The maximum Gasteiger partial charge on any atom is 0.176 e. The van der Waals surface area contributed by atoms with E-state index in [1.54, 1.807) is 19.4 Å². The summed E-state index contributed by atoms with van der Waals surface area (Å²) in [6.45, 7) is 0. The third-order valence-corrected chi connectivity index (χ3v) is 2.66. The van der Waals surface area contributed by atoms with Crippen LogP contribution in [0, 0.1) is 0 Å². The molecule has 0 spiro atoms. The van der Waals surface area contributed by atoms with Gasteiger partial charge >= 0.3 is 0 Å². The van der Waals surface area contributed by atoms with E-state index in [1.807, 2.05) is 24.3 Å². The Bertz CT molecular complexity index is 434. The first-order valence-electron chi connectivity index (χ1n) is 4.19. The maximum atomic E-state index is 5.37. The summed E-state index contributed by atoms with van der Waals surface area (Å²) < 4.78 is 11.5. The Labute approximate surface area is 90.6 Å². The average Bonchev–Trinajstić information content (AvgIpc) is 2.66. The van der Waals surface area contributed by atoms with Crippen molar-refractivity contribution in [3.8, 4) is 17.1 Å². The van der Waals surface area contributed by atoms with Gasteiger partial charge in [-0.15, -0.1) is 0 Å². The van der Waals surface area contributed by atoms with Crippen molar-refractivity contribution in [3.63, 3.8) is 0 Å². The molecule has 0 aliphatic carbocycles. The Morgan fingerprint density at radius 1 is 1.21 bits per heavy atom. The van der Waals surface area contributed by atoms with Crippen LogP contribution in [-0.4, -0.2) is 7.11 Å². The summed E-state index contributed by atoms with van der Waals surface area (Å²) in [5.74, 6) is 1.50.